The van der Waals surface area contributed by atoms with Gasteiger partial charge in [-0.15, -0.1) is 0 Å². The fourth-order valence-corrected chi connectivity index (χ4v) is 2.20. The molecule has 1 aliphatic heterocycles. The first-order valence-electron chi connectivity index (χ1n) is 6.53. The summed E-state index contributed by atoms with van der Waals surface area (Å²) in [4.78, 5) is 13.9. The molecule has 4 heteroatoms. The van der Waals surface area contributed by atoms with Gasteiger partial charge in [-0.05, 0) is 45.3 Å². The second-order valence-corrected chi connectivity index (χ2v) is 4.93. The molecule has 1 heterocycles. The van der Waals surface area contributed by atoms with Gasteiger partial charge in [-0.25, -0.2) is 0 Å². The van der Waals surface area contributed by atoms with Gasteiger partial charge in [0.2, 0.25) is 5.91 Å². The standard InChI is InChI=1S/C12H23N3O/c1-2-15-7-5-10(6-8-15)13-9-12(16)14-11-3-4-11/h10-11,13H,2-9H2,1H3,(H,14,16). The molecule has 1 saturated heterocycles. The Labute approximate surface area is 97.8 Å². The maximum absolute atomic E-state index is 11.5. The first-order chi connectivity index (χ1) is 7.78. The van der Waals surface area contributed by atoms with Crippen LogP contribution in [0.15, 0.2) is 0 Å². The molecular formula is C12H23N3O. The summed E-state index contributed by atoms with van der Waals surface area (Å²) in [6.45, 7) is 6.18. The Kier molecular flexibility index (Phi) is 4.18. The van der Waals surface area contributed by atoms with E-state index in [1.165, 1.54) is 38.8 Å². The molecule has 2 rings (SSSR count). The maximum atomic E-state index is 11.5. The second-order valence-electron chi connectivity index (χ2n) is 4.93. The molecule has 92 valence electrons. The van der Waals surface area contributed by atoms with Crippen LogP contribution in [-0.2, 0) is 4.79 Å². The molecule has 1 amide bonds. The van der Waals surface area contributed by atoms with Gasteiger partial charge in [0.05, 0.1) is 6.54 Å². The number of hydrogen-bond donors (Lipinski definition) is 2. The van der Waals surface area contributed by atoms with Crippen LogP contribution in [-0.4, -0.2) is 49.1 Å². The van der Waals surface area contributed by atoms with Crippen LogP contribution in [0.25, 0.3) is 0 Å². The summed E-state index contributed by atoms with van der Waals surface area (Å²) in [6, 6.07) is 1.02. The quantitative estimate of drug-likeness (QED) is 0.709. The van der Waals surface area contributed by atoms with Gasteiger partial charge in [0.1, 0.15) is 0 Å². The lowest BCUT2D eigenvalue weighted by Gasteiger charge is -2.31. The fraction of sp³-hybridized carbons (Fsp3) is 0.917. The summed E-state index contributed by atoms with van der Waals surface area (Å²) < 4.78 is 0. The van der Waals surface area contributed by atoms with Crippen molar-refractivity contribution in [1.82, 2.24) is 15.5 Å². The third-order valence-corrected chi connectivity index (χ3v) is 3.53. The number of carbonyl (C=O) groups is 1. The van der Waals surface area contributed by atoms with Crippen molar-refractivity contribution in [3.05, 3.63) is 0 Å². The van der Waals surface area contributed by atoms with E-state index in [2.05, 4.69) is 22.5 Å². The van der Waals surface area contributed by atoms with Crippen molar-refractivity contribution in [3.63, 3.8) is 0 Å². The summed E-state index contributed by atoms with van der Waals surface area (Å²) in [5.74, 6) is 0.167. The molecule has 2 N–H and O–H groups in total. The van der Waals surface area contributed by atoms with Crippen LogP contribution in [0.5, 0.6) is 0 Å². The third kappa shape index (κ3) is 3.76. The molecule has 1 aliphatic carbocycles. The van der Waals surface area contributed by atoms with Crippen LogP contribution in [0.4, 0.5) is 0 Å². The van der Waals surface area contributed by atoms with Crippen LogP contribution >= 0.6 is 0 Å². The average Bonchev–Trinajstić information content (AvgIpc) is 3.11. The summed E-state index contributed by atoms with van der Waals surface area (Å²) in [5, 5.41) is 6.36. The van der Waals surface area contributed by atoms with Crippen molar-refractivity contribution in [1.29, 1.82) is 0 Å². The van der Waals surface area contributed by atoms with E-state index in [1.54, 1.807) is 0 Å². The molecule has 2 fully saturated rings. The molecule has 0 aromatic carbocycles. The molecule has 0 atom stereocenters. The Balaban J connectivity index is 1.57. The fourth-order valence-electron chi connectivity index (χ4n) is 2.20. The van der Waals surface area contributed by atoms with Crippen LogP contribution in [0.2, 0.25) is 0 Å². The van der Waals surface area contributed by atoms with Gasteiger partial charge in [-0.2, -0.15) is 0 Å². The molecule has 4 nitrogen and oxygen atoms in total. The Hall–Kier alpha value is -0.610. The number of hydrogen-bond acceptors (Lipinski definition) is 3. The lowest BCUT2D eigenvalue weighted by molar-refractivity contribution is -0.120. The lowest BCUT2D eigenvalue weighted by atomic mass is 10.1. The predicted octanol–water partition coefficient (Wildman–Crippen LogP) is 0.339. The summed E-state index contributed by atoms with van der Waals surface area (Å²) >= 11 is 0. The number of nitrogens with zero attached hydrogens (tertiary/aromatic N) is 1. The van der Waals surface area contributed by atoms with Gasteiger partial charge >= 0.3 is 0 Å². The van der Waals surface area contributed by atoms with E-state index in [4.69, 9.17) is 0 Å². The molecule has 1 saturated carbocycles. The minimum atomic E-state index is 0.167. The van der Waals surface area contributed by atoms with Gasteiger partial charge in [0.15, 0.2) is 0 Å². The zero-order chi connectivity index (χ0) is 11.4. The minimum Gasteiger partial charge on any atom is -0.352 e. The predicted molar refractivity (Wildman–Crippen MR) is 64.3 cm³/mol. The van der Waals surface area contributed by atoms with Crippen molar-refractivity contribution in [2.24, 2.45) is 0 Å². The number of likely N-dealkylation sites (tertiary alicyclic amines) is 1. The number of rotatable bonds is 5. The Morgan fingerprint density at radius 3 is 2.44 bits per heavy atom. The van der Waals surface area contributed by atoms with Crippen LogP contribution in [0.3, 0.4) is 0 Å². The van der Waals surface area contributed by atoms with Gasteiger partial charge < -0.3 is 15.5 Å². The number of piperidine rings is 1. The van der Waals surface area contributed by atoms with Crippen molar-refractivity contribution >= 4 is 5.91 Å². The van der Waals surface area contributed by atoms with Gasteiger partial charge in [-0.1, -0.05) is 6.92 Å². The van der Waals surface area contributed by atoms with Crippen molar-refractivity contribution in [3.8, 4) is 0 Å². The summed E-state index contributed by atoms with van der Waals surface area (Å²) in [7, 11) is 0. The van der Waals surface area contributed by atoms with Gasteiger partial charge in [-0.3, -0.25) is 4.79 Å². The molecule has 2 aliphatic rings. The second kappa shape index (κ2) is 5.64. The van der Waals surface area contributed by atoms with E-state index in [0.717, 1.165) is 6.54 Å². The summed E-state index contributed by atoms with van der Waals surface area (Å²) in [6.07, 6.45) is 4.68. The zero-order valence-corrected chi connectivity index (χ0v) is 10.2. The Bertz CT molecular complexity index is 232. The Morgan fingerprint density at radius 1 is 1.19 bits per heavy atom. The highest BCUT2D eigenvalue weighted by molar-refractivity contribution is 5.78. The highest BCUT2D eigenvalue weighted by Crippen LogP contribution is 2.18. The minimum absolute atomic E-state index is 0.167. The molecule has 0 radical (unpaired) electrons. The normalized spacial score (nSPS) is 23.3. The Morgan fingerprint density at radius 2 is 1.88 bits per heavy atom. The number of nitrogens with one attached hydrogen (secondary N) is 2. The van der Waals surface area contributed by atoms with Crippen molar-refractivity contribution in [2.45, 2.75) is 44.7 Å². The molecule has 0 spiro atoms. The first-order valence-corrected chi connectivity index (χ1v) is 6.53. The monoisotopic (exact) mass is 225 g/mol. The first kappa shape index (κ1) is 11.9. The largest absolute Gasteiger partial charge is 0.352 e. The van der Waals surface area contributed by atoms with Gasteiger partial charge in [0, 0.05) is 12.1 Å². The van der Waals surface area contributed by atoms with Crippen LogP contribution in [0, 0.1) is 0 Å². The molecule has 0 aromatic heterocycles. The van der Waals surface area contributed by atoms with E-state index in [0.29, 0.717) is 18.6 Å². The van der Waals surface area contributed by atoms with Crippen LogP contribution < -0.4 is 10.6 Å². The zero-order valence-electron chi connectivity index (χ0n) is 10.2. The topological polar surface area (TPSA) is 44.4 Å². The number of carbonyl (C=O) groups excluding carboxylic acids is 1. The van der Waals surface area contributed by atoms with E-state index < -0.39 is 0 Å². The number of amides is 1. The van der Waals surface area contributed by atoms with E-state index in [1.807, 2.05) is 0 Å². The SMILES string of the molecule is CCN1CCC(NCC(=O)NC2CC2)CC1. The smallest absolute Gasteiger partial charge is 0.234 e. The average molecular weight is 225 g/mol. The lowest BCUT2D eigenvalue weighted by Crippen LogP contribution is -2.45. The van der Waals surface area contributed by atoms with Crippen LogP contribution in [0.1, 0.15) is 32.6 Å². The molecule has 0 bridgehead atoms. The highest BCUT2D eigenvalue weighted by Gasteiger charge is 2.24. The molecule has 0 unspecified atom stereocenters. The molecular weight excluding hydrogens is 202 g/mol. The highest BCUT2D eigenvalue weighted by atomic mass is 16.2. The van der Waals surface area contributed by atoms with Gasteiger partial charge in [0.25, 0.3) is 0 Å². The van der Waals surface area contributed by atoms with E-state index in [9.17, 15) is 4.79 Å². The maximum Gasteiger partial charge on any atom is 0.234 e. The van der Waals surface area contributed by atoms with E-state index in [-0.39, 0.29) is 5.91 Å². The molecule has 16 heavy (non-hydrogen) atoms. The third-order valence-electron chi connectivity index (χ3n) is 3.53. The van der Waals surface area contributed by atoms with Crippen molar-refractivity contribution in [2.75, 3.05) is 26.2 Å². The summed E-state index contributed by atoms with van der Waals surface area (Å²) in [5.41, 5.74) is 0. The van der Waals surface area contributed by atoms with E-state index >= 15 is 0 Å². The van der Waals surface area contributed by atoms with Crippen molar-refractivity contribution < 1.29 is 4.79 Å². The molecule has 0 aromatic rings.